The first-order valence-corrected chi connectivity index (χ1v) is 12.6. The minimum absolute atomic E-state index is 0.255. The SMILES string of the molecule is CN1CCC(C)(S(=O)(=O)c2ccc(-c3ccc(C4=NO[C@@H](CN(N)/C=C\N)C4)cc3F)cc2)C1. The van der Waals surface area contributed by atoms with Gasteiger partial charge in [0.15, 0.2) is 15.9 Å². The summed E-state index contributed by atoms with van der Waals surface area (Å²) in [4.78, 5) is 7.68. The Kier molecular flexibility index (Phi) is 6.66. The Morgan fingerprint density at radius 3 is 2.59 bits per heavy atom. The smallest absolute Gasteiger partial charge is 0.185 e. The monoisotopic (exact) mass is 487 g/mol. The van der Waals surface area contributed by atoms with E-state index in [-0.39, 0.29) is 11.0 Å². The molecule has 2 aromatic rings. The second kappa shape index (κ2) is 9.36. The van der Waals surface area contributed by atoms with Crippen LogP contribution >= 0.6 is 0 Å². The molecular formula is C24H30FN5O3S. The highest BCUT2D eigenvalue weighted by Gasteiger charge is 2.44. The van der Waals surface area contributed by atoms with Crippen LogP contribution in [0.2, 0.25) is 0 Å². The van der Waals surface area contributed by atoms with E-state index >= 15 is 4.39 Å². The van der Waals surface area contributed by atoms with Gasteiger partial charge in [-0.15, -0.1) is 0 Å². The molecule has 2 aromatic carbocycles. The van der Waals surface area contributed by atoms with Gasteiger partial charge < -0.3 is 20.5 Å². The molecule has 2 heterocycles. The van der Waals surface area contributed by atoms with Gasteiger partial charge >= 0.3 is 0 Å². The van der Waals surface area contributed by atoms with Crippen LogP contribution in [0.3, 0.4) is 0 Å². The molecule has 34 heavy (non-hydrogen) atoms. The second-order valence-electron chi connectivity index (χ2n) is 9.17. The molecule has 2 aliphatic heterocycles. The van der Waals surface area contributed by atoms with E-state index in [1.54, 1.807) is 43.3 Å². The fraction of sp³-hybridized carbons (Fsp3) is 0.375. The lowest BCUT2D eigenvalue weighted by atomic mass is 9.99. The maximum absolute atomic E-state index is 15.0. The topological polar surface area (TPSA) is 114 Å². The summed E-state index contributed by atoms with van der Waals surface area (Å²) in [7, 11) is -1.58. The fourth-order valence-corrected chi connectivity index (χ4v) is 6.32. The average molecular weight is 488 g/mol. The van der Waals surface area contributed by atoms with Crippen LogP contribution in [0, 0.1) is 5.82 Å². The lowest BCUT2D eigenvalue weighted by Crippen LogP contribution is -2.37. The molecule has 0 amide bonds. The van der Waals surface area contributed by atoms with Crippen molar-refractivity contribution in [2.24, 2.45) is 16.7 Å². The first-order valence-electron chi connectivity index (χ1n) is 11.1. The Labute approximate surface area is 199 Å². The van der Waals surface area contributed by atoms with Gasteiger partial charge in [0.1, 0.15) is 5.82 Å². The van der Waals surface area contributed by atoms with Crippen LogP contribution in [0.1, 0.15) is 25.3 Å². The minimum atomic E-state index is -3.50. The first kappa shape index (κ1) is 24.2. The molecular weight excluding hydrogens is 457 g/mol. The molecule has 0 aliphatic carbocycles. The highest BCUT2D eigenvalue weighted by Crippen LogP contribution is 2.35. The quantitative estimate of drug-likeness (QED) is 0.455. The molecule has 0 aromatic heterocycles. The first-order chi connectivity index (χ1) is 16.1. The molecule has 182 valence electrons. The van der Waals surface area contributed by atoms with Gasteiger partial charge in [-0.25, -0.2) is 18.7 Å². The summed E-state index contributed by atoms with van der Waals surface area (Å²) in [6, 6.07) is 11.3. The third kappa shape index (κ3) is 4.66. The van der Waals surface area contributed by atoms with E-state index in [9.17, 15) is 8.42 Å². The zero-order chi connectivity index (χ0) is 24.5. The zero-order valence-corrected chi connectivity index (χ0v) is 20.1. The molecule has 8 nitrogen and oxygen atoms in total. The van der Waals surface area contributed by atoms with E-state index < -0.39 is 20.4 Å². The number of rotatable bonds is 7. The van der Waals surface area contributed by atoms with Crippen molar-refractivity contribution in [2.45, 2.75) is 35.5 Å². The molecule has 4 N–H and O–H groups in total. The lowest BCUT2D eigenvalue weighted by Gasteiger charge is -2.24. The summed E-state index contributed by atoms with van der Waals surface area (Å²) in [5.41, 5.74) is 7.57. The van der Waals surface area contributed by atoms with Gasteiger partial charge in [0.25, 0.3) is 0 Å². The number of hydrazine groups is 1. The minimum Gasteiger partial charge on any atom is -0.403 e. The van der Waals surface area contributed by atoms with E-state index in [2.05, 4.69) is 5.16 Å². The number of halogens is 1. The van der Waals surface area contributed by atoms with Crippen molar-refractivity contribution in [1.29, 1.82) is 0 Å². The summed E-state index contributed by atoms with van der Waals surface area (Å²) in [6.07, 6.45) is 3.69. The number of hydrogen-bond acceptors (Lipinski definition) is 8. The third-order valence-corrected chi connectivity index (χ3v) is 9.00. The van der Waals surface area contributed by atoms with Crippen molar-refractivity contribution in [1.82, 2.24) is 9.91 Å². The molecule has 2 aliphatic rings. The van der Waals surface area contributed by atoms with Crippen molar-refractivity contribution in [3.05, 3.63) is 66.2 Å². The Morgan fingerprint density at radius 2 is 1.97 bits per heavy atom. The summed E-state index contributed by atoms with van der Waals surface area (Å²) in [6.45, 7) is 3.43. The molecule has 2 atom stereocenters. The van der Waals surface area contributed by atoms with Crippen LogP contribution in [0.5, 0.6) is 0 Å². The van der Waals surface area contributed by atoms with Crippen molar-refractivity contribution in [3.8, 4) is 11.1 Å². The number of sulfone groups is 1. The summed E-state index contributed by atoms with van der Waals surface area (Å²) >= 11 is 0. The van der Waals surface area contributed by atoms with Gasteiger partial charge in [0.05, 0.1) is 21.9 Å². The average Bonchev–Trinajstić information content (AvgIpc) is 3.41. The number of hydrogen-bond donors (Lipinski definition) is 2. The van der Waals surface area contributed by atoms with Crippen LogP contribution in [0.15, 0.2) is 64.9 Å². The predicted octanol–water partition coefficient (Wildman–Crippen LogP) is 2.46. The number of benzene rings is 2. The number of oxime groups is 1. The van der Waals surface area contributed by atoms with E-state index in [1.165, 1.54) is 23.5 Å². The predicted molar refractivity (Wildman–Crippen MR) is 130 cm³/mol. The van der Waals surface area contributed by atoms with E-state index in [0.717, 1.165) is 6.54 Å². The Balaban J connectivity index is 1.49. The van der Waals surface area contributed by atoms with Gasteiger partial charge in [0, 0.05) is 36.5 Å². The third-order valence-electron chi connectivity index (χ3n) is 6.48. The Bertz CT molecular complexity index is 1220. The van der Waals surface area contributed by atoms with Crippen molar-refractivity contribution in [3.63, 3.8) is 0 Å². The molecule has 4 rings (SSSR count). The van der Waals surface area contributed by atoms with E-state index in [4.69, 9.17) is 16.4 Å². The lowest BCUT2D eigenvalue weighted by molar-refractivity contribution is 0.0640. The molecule has 0 saturated carbocycles. The zero-order valence-electron chi connectivity index (χ0n) is 19.3. The second-order valence-corrected chi connectivity index (χ2v) is 11.6. The maximum atomic E-state index is 15.0. The molecule has 0 bridgehead atoms. The molecule has 1 fully saturated rings. The summed E-state index contributed by atoms with van der Waals surface area (Å²) in [5.74, 6) is 5.36. The van der Waals surface area contributed by atoms with Gasteiger partial charge in [0.2, 0.25) is 0 Å². The van der Waals surface area contributed by atoms with E-state index in [1.807, 2.05) is 11.9 Å². The molecule has 0 radical (unpaired) electrons. The normalized spacial score (nSPS) is 23.3. The van der Waals surface area contributed by atoms with Gasteiger partial charge in [-0.2, -0.15) is 0 Å². The Morgan fingerprint density at radius 1 is 1.26 bits per heavy atom. The largest absolute Gasteiger partial charge is 0.403 e. The highest BCUT2D eigenvalue weighted by atomic mass is 32.2. The van der Waals surface area contributed by atoms with Crippen LogP contribution < -0.4 is 11.6 Å². The number of likely N-dealkylation sites (tertiary alicyclic amines) is 1. The number of nitrogens with zero attached hydrogens (tertiary/aromatic N) is 3. The van der Waals surface area contributed by atoms with Crippen LogP contribution in [-0.2, 0) is 14.7 Å². The highest BCUT2D eigenvalue weighted by molar-refractivity contribution is 7.92. The van der Waals surface area contributed by atoms with Gasteiger partial charge in [-0.1, -0.05) is 29.4 Å². The maximum Gasteiger partial charge on any atom is 0.185 e. The standard InChI is InChI=1S/C24H30FN5O3S/c1-24(9-11-29(2)16-24)34(31,32)20-6-3-17(4-7-20)21-8-5-18(13-22(21)25)23-14-19(33-28-23)15-30(27)12-10-26/h3-8,10,12-13,19H,9,11,14-16,26-27H2,1-2H3/b12-10-/t19-,24?/m1/s1. The van der Waals surface area contributed by atoms with Crippen molar-refractivity contribution >= 4 is 15.5 Å². The van der Waals surface area contributed by atoms with Crippen LogP contribution in [-0.4, -0.2) is 61.6 Å². The molecule has 1 saturated heterocycles. The summed E-state index contributed by atoms with van der Waals surface area (Å²) in [5, 5.41) is 5.48. The Hall–Kier alpha value is -2.95. The van der Waals surface area contributed by atoms with E-state index in [0.29, 0.717) is 48.3 Å². The van der Waals surface area contributed by atoms with Crippen molar-refractivity contribution in [2.75, 3.05) is 26.7 Å². The van der Waals surface area contributed by atoms with Crippen LogP contribution in [0.25, 0.3) is 11.1 Å². The molecule has 10 heteroatoms. The van der Waals surface area contributed by atoms with Crippen LogP contribution in [0.4, 0.5) is 4.39 Å². The van der Waals surface area contributed by atoms with Gasteiger partial charge in [-0.3, -0.25) is 0 Å². The summed E-state index contributed by atoms with van der Waals surface area (Å²) < 4.78 is 40.6. The number of nitrogens with two attached hydrogens (primary N) is 2. The molecule has 1 unspecified atom stereocenters. The van der Waals surface area contributed by atoms with Gasteiger partial charge in [-0.05, 0) is 50.7 Å². The molecule has 0 spiro atoms. The fourth-order valence-electron chi connectivity index (χ4n) is 4.51. The van der Waals surface area contributed by atoms with Crippen molar-refractivity contribution < 1.29 is 17.6 Å².